The summed E-state index contributed by atoms with van der Waals surface area (Å²) in [5, 5.41) is 1.16. The molecule has 0 saturated heterocycles. The Morgan fingerprint density at radius 3 is 2.45 bits per heavy atom. The van der Waals surface area contributed by atoms with Crippen molar-refractivity contribution in [1.29, 1.82) is 0 Å². The van der Waals surface area contributed by atoms with Gasteiger partial charge in [0.25, 0.3) is 0 Å². The van der Waals surface area contributed by atoms with Crippen LogP contribution in [0.15, 0.2) is 12.7 Å². The van der Waals surface area contributed by atoms with Gasteiger partial charge in [0.1, 0.15) is 0 Å². The highest BCUT2D eigenvalue weighted by Gasteiger charge is 2.17. The molecule has 0 aromatic rings. The minimum atomic E-state index is -0.879. The molecule has 0 N–H and O–H groups in total. The Kier molecular flexibility index (Phi) is 6.25. The van der Waals surface area contributed by atoms with E-state index in [9.17, 15) is 0 Å². The van der Waals surface area contributed by atoms with Crippen LogP contribution in [0.5, 0.6) is 0 Å². The summed E-state index contributed by atoms with van der Waals surface area (Å²) in [6.07, 6.45) is 4.80. The SMILES string of the molecule is C=CC[Si](C)(C)CCCCBr. The van der Waals surface area contributed by atoms with Crippen molar-refractivity contribution in [2.24, 2.45) is 0 Å². The maximum atomic E-state index is 3.80. The summed E-state index contributed by atoms with van der Waals surface area (Å²) in [5.41, 5.74) is 0. The third-order valence-electron chi connectivity index (χ3n) is 1.93. The number of unbranched alkanes of at least 4 members (excludes halogenated alkanes) is 1. The van der Waals surface area contributed by atoms with Gasteiger partial charge in [0.15, 0.2) is 0 Å². The predicted octanol–water partition coefficient (Wildman–Crippen LogP) is 4.06. The van der Waals surface area contributed by atoms with Crippen LogP contribution in [0.1, 0.15) is 12.8 Å². The largest absolute Gasteiger partial charge is 0.103 e. The van der Waals surface area contributed by atoms with E-state index in [1.54, 1.807) is 0 Å². The van der Waals surface area contributed by atoms with Gasteiger partial charge in [-0.05, 0) is 12.5 Å². The highest BCUT2D eigenvalue weighted by atomic mass is 79.9. The molecule has 0 bridgehead atoms. The molecular formula is C9H19BrSi. The summed E-state index contributed by atoms with van der Waals surface area (Å²) in [6, 6.07) is 2.72. The summed E-state index contributed by atoms with van der Waals surface area (Å²) in [4.78, 5) is 0. The van der Waals surface area contributed by atoms with E-state index in [0.29, 0.717) is 0 Å². The van der Waals surface area contributed by atoms with Crippen LogP contribution in [0.4, 0.5) is 0 Å². The summed E-state index contributed by atoms with van der Waals surface area (Å²) >= 11 is 3.45. The van der Waals surface area contributed by atoms with Gasteiger partial charge >= 0.3 is 0 Å². The van der Waals surface area contributed by atoms with Crippen LogP contribution in [0.3, 0.4) is 0 Å². The molecule has 0 heterocycles. The number of alkyl halides is 1. The lowest BCUT2D eigenvalue weighted by Crippen LogP contribution is -2.23. The summed E-state index contributed by atoms with van der Waals surface area (Å²) in [6.45, 7) is 8.69. The molecule has 2 heteroatoms. The van der Waals surface area contributed by atoms with Crippen molar-refractivity contribution >= 4 is 24.0 Å². The Morgan fingerprint density at radius 1 is 1.36 bits per heavy atom. The normalized spacial score (nSPS) is 11.5. The van der Waals surface area contributed by atoms with Gasteiger partial charge in [-0.15, -0.1) is 6.58 Å². The lowest BCUT2D eigenvalue weighted by Gasteiger charge is -2.19. The van der Waals surface area contributed by atoms with Crippen LogP contribution in [-0.2, 0) is 0 Å². The molecule has 0 spiro atoms. The first-order valence-electron chi connectivity index (χ1n) is 4.29. The third-order valence-corrected chi connectivity index (χ3v) is 5.60. The van der Waals surface area contributed by atoms with Crippen molar-refractivity contribution in [3.8, 4) is 0 Å². The first-order valence-corrected chi connectivity index (χ1v) is 8.83. The molecule has 0 aromatic carbocycles. The van der Waals surface area contributed by atoms with Crippen LogP contribution in [0.25, 0.3) is 0 Å². The Bertz CT molecular complexity index is 110. The van der Waals surface area contributed by atoms with Gasteiger partial charge in [0.05, 0.1) is 8.07 Å². The molecule has 0 aromatic heterocycles. The van der Waals surface area contributed by atoms with E-state index in [0.717, 1.165) is 5.33 Å². The molecule has 0 amide bonds. The van der Waals surface area contributed by atoms with Gasteiger partial charge in [0.2, 0.25) is 0 Å². The highest BCUT2D eigenvalue weighted by molar-refractivity contribution is 9.09. The van der Waals surface area contributed by atoms with Gasteiger partial charge in [-0.3, -0.25) is 0 Å². The monoisotopic (exact) mass is 234 g/mol. The van der Waals surface area contributed by atoms with E-state index in [-0.39, 0.29) is 0 Å². The van der Waals surface area contributed by atoms with Gasteiger partial charge in [0, 0.05) is 5.33 Å². The standard InChI is InChI=1S/C9H19BrSi/c1-4-8-11(2,3)9-6-5-7-10/h4H,1,5-9H2,2-3H3. The average molecular weight is 235 g/mol. The Hall–Kier alpha value is 0.437. The number of hydrogen-bond acceptors (Lipinski definition) is 0. The summed E-state index contributed by atoms with van der Waals surface area (Å²) in [7, 11) is -0.879. The van der Waals surface area contributed by atoms with Crippen LogP contribution in [0.2, 0.25) is 25.2 Å². The molecule has 0 aliphatic carbocycles. The average Bonchev–Trinajstić information content (AvgIpc) is 1.87. The molecule has 0 nitrogen and oxygen atoms in total. The lowest BCUT2D eigenvalue weighted by atomic mass is 10.4. The first kappa shape index (κ1) is 11.4. The minimum absolute atomic E-state index is 0.879. The number of allylic oxidation sites excluding steroid dienone is 1. The van der Waals surface area contributed by atoms with Gasteiger partial charge < -0.3 is 0 Å². The van der Waals surface area contributed by atoms with Crippen molar-refractivity contribution in [3.63, 3.8) is 0 Å². The van der Waals surface area contributed by atoms with Crippen LogP contribution in [0, 0.1) is 0 Å². The molecule has 66 valence electrons. The van der Waals surface area contributed by atoms with E-state index in [1.165, 1.54) is 24.9 Å². The summed E-state index contributed by atoms with van der Waals surface area (Å²) < 4.78 is 0. The van der Waals surface area contributed by atoms with E-state index in [4.69, 9.17) is 0 Å². The molecule has 0 saturated carbocycles. The summed E-state index contributed by atoms with van der Waals surface area (Å²) in [5.74, 6) is 0. The second kappa shape index (κ2) is 6.01. The molecule has 0 rings (SSSR count). The molecular weight excluding hydrogens is 216 g/mol. The molecule has 0 aliphatic rings. The second-order valence-corrected chi connectivity index (χ2v) is 9.83. The molecule has 0 fully saturated rings. The molecule has 0 aliphatic heterocycles. The van der Waals surface area contributed by atoms with E-state index < -0.39 is 8.07 Å². The Balaban J connectivity index is 3.45. The number of rotatable bonds is 6. The maximum absolute atomic E-state index is 3.80. The zero-order valence-electron chi connectivity index (χ0n) is 7.70. The number of halogens is 1. The Morgan fingerprint density at radius 2 is 2.00 bits per heavy atom. The fraction of sp³-hybridized carbons (Fsp3) is 0.778. The predicted molar refractivity (Wildman–Crippen MR) is 60.3 cm³/mol. The van der Waals surface area contributed by atoms with E-state index >= 15 is 0 Å². The van der Waals surface area contributed by atoms with Crippen LogP contribution >= 0.6 is 15.9 Å². The smallest absolute Gasteiger partial charge is 0.0511 e. The first-order chi connectivity index (χ1) is 5.12. The van der Waals surface area contributed by atoms with Gasteiger partial charge in [-0.2, -0.15) is 0 Å². The fourth-order valence-corrected chi connectivity index (χ4v) is 3.78. The highest BCUT2D eigenvalue weighted by Crippen LogP contribution is 2.18. The quantitative estimate of drug-likeness (QED) is 0.282. The van der Waals surface area contributed by atoms with Crippen LogP contribution in [-0.4, -0.2) is 13.4 Å². The van der Waals surface area contributed by atoms with Crippen molar-refractivity contribution < 1.29 is 0 Å². The van der Waals surface area contributed by atoms with E-state index in [2.05, 4.69) is 41.7 Å². The fourth-order valence-electron chi connectivity index (χ4n) is 1.19. The van der Waals surface area contributed by atoms with Crippen molar-refractivity contribution in [1.82, 2.24) is 0 Å². The van der Waals surface area contributed by atoms with Gasteiger partial charge in [-0.25, -0.2) is 0 Å². The third kappa shape index (κ3) is 6.82. The zero-order chi connectivity index (χ0) is 8.74. The minimum Gasteiger partial charge on any atom is -0.103 e. The molecule has 0 unspecified atom stereocenters. The maximum Gasteiger partial charge on any atom is 0.0511 e. The van der Waals surface area contributed by atoms with Crippen molar-refractivity contribution in [2.45, 2.75) is 38.0 Å². The Labute approximate surface area is 80.2 Å². The molecule has 0 atom stereocenters. The van der Waals surface area contributed by atoms with Crippen molar-refractivity contribution in [2.75, 3.05) is 5.33 Å². The zero-order valence-corrected chi connectivity index (χ0v) is 10.3. The van der Waals surface area contributed by atoms with Gasteiger partial charge in [-0.1, -0.05) is 47.6 Å². The van der Waals surface area contributed by atoms with Crippen LogP contribution < -0.4 is 0 Å². The van der Waals surface area contributed by atoms with Crippen molar-refractivity contribution in [3.05, 3.63) is 12.7 Å². The second-order valence-electron chi connectivity index (χ2n) is 3.80. The molecule has 11 heavy (non-hydrogen) atoms. The van der Waals surface area contributed by atoms with E-state index in [1.807, 2.05) is 0 Å². The number of hydrogen-bond donors (Lipinski definition) is 0. The lowest BCUT2D eigenvalue weighted by molar-refractivity contribution is 0.880. The topological polar surface area (TPSA) is 0 Å². The molecule has 0 radical (unpaired) electrons.